The van der Waals surface area contributed by atoms with Crippen molar-refractivity contribution in [2.75, 3.05) is 5.32 Å². The molecule has 2 heterocycles. The van der Waals surface area contributed by atoms with Crippen LogP contribution in [0, 0.1) is 6.92 Å². The SMILES string of the molecule is Cc1nn(C)c2sc(C(=O)Nc3ccccc3C(C)O)cc12. The molecule has 2 aromatic heterocycles. The molecule has 0 aliphatic heterocycles. The van der Waals surface area contributed by atoms with E-state index in [1.165, 1.54) is 11.3 Å². The second kappa shape index (κ2) is 5.55. The van der Waals surface area contributed by atoms with E-state index in [4.69, 9.17) is 0 Å². The van der Waals surface area contributed by atoms with Crippen molar-refractivity contribution in [1.29, 1.82) is 0 Å². The van der Waals surface area contributed by atoms with Gasteiger partial charge >= 0.3 is 0 Å². The number of nitrogens with one attached hydrogen (secondary N) is 1. The number of carbonyl (C=O) groups excluding carboxylic acids is 1. The number of hydrogen-bond acceptors (Lipinski definition) is 4. The minimum Gasteiger partial charge on any atom is -0.389 e. The Hall–Kier alpha value is -2.18. The van der Waals surface area contributed by atoms with Crippen LogP contribution >= 0.6 is 11.3 Å². The maximum Gasteiger partial charge on any atom is 0.265 e. The quantitative estimate of drug-likeness (QED) is 0.779. The molecule has 0 saturated heterocycles. The number of aromatic nitrogens is 2. The molecule has 0 spiro atoms. The summed E-state index contributed by atoms with van der Waals surface area (Å²) in [7, 11) is 1.87. The Morgan fingerprint density at radius 2 is 2.14 bits per heavy atom. The minimum atomic E-state index is -0.634. The number of amides is 1. The summed E-state index contributed by atoms with van der Waals surface area (Å²) < 4.78 is 1.79. The monoisotopic (exact) mass is 315 g/mol. The maximum absolute atomic E-state index is 12.5. The molecule has 3 rings (SSSR count). The van der Waals surface area contributed by atoms with E-state index < -0.39 is 6.10 Å². The fraction of sp³-hybridized carbons (Fsp3) is 0.250. The standard InChI is InChI=1S/C16H17N3O2S/c1-9-12-8-14(22-16(12)19(3)18-9)15(21)17-13-7-5-4-6-11(13)10(2)20/h4-8,10,20H,1-3H3,(H,17,21). The van der Waals surface area contributed by atoms with Crippen molar-refractivity contribution < 1.29 is 9.90 Å². The molecule has 3 aromatic rings. The first-order valence-electron chi connectivity index (χ1n) is 6.99. The predicted octanol–water partition coefficient (Wildman–Crippen LogP) is 3.25. The summed E-state index contributed by atoms with van der Waals surface area (Å²) in [5, 5.41) is 18.0. The first-order valence-corrected chi connectivity index (χ1v) is 7.80. The highest BCUT2D eigenvalue weighted by molar-refractivity contribution is 7.20. The van der Waals surface area contributed by atoms with E-state index in [0.29, 0.717) is 16.1 Å². The van der Waals surface area contributed by atoms with Gasteiger partial charge in [-0.25, -0.2) is 0 Å². The molecule has 5 nitrogen and oxygen atoms in total. The van der Waals surface area contributed by atoms with Crippen LogP contribution in [0.25, 0.3) is 10.2 Å². The van der Waals surface area contributed by atoms with Crippen LogP contribution in [-0.2, 0) is 7.05 Å². The van der Waals surface area contributed by atoms with E-state index in [2.05, 4.69) is 10.4 Å². The molecule has 2 N–H and O–H groups in total. The van der Waals surface area contributed by atoms with E-state index in [1.807, 2.05) is 32.2 Å². The van der Waals surface area contributed by atoms with Gasteiger partial charge in [0.2, 0.25) is 0 Å². The predicted molar refractivity (Wildman–Crippen MR) is 88.4 cm³/mol. The molecule has 114 valence electrons. The number of aryl methyl sites for hydroxylation is 2. The molecule has 0 aliphatic rings. The third-order valence-electron chi connectivity index (χ3n) is 3.58. The van der Waals surface area contributed by atoms with Crippen molar-refractivity contribution in [1.82, 2.24) is 9.78 Å². The Balaban J connectivity index is 1.92. The average molecular weight is 315 g/mol. The lowest BCUT2D eigenvalue weighted by Crippen LogP contribution is -2.12. The minimum absolute atomic E-state index is 0.172. The number of carbonyl (C=O) groups is 1. The largest absolute Gasteiger partial charge is 0.389 e. The Morgan fingerprint density at radius 1 is 1.41 bits per heavy atom. The van der Waals surface area contributed by atoms with Gasteiger partial charge in [-0.15, -0.1) is 11.3 Å². The molecular formula is C16H17N3O2S. The third kappa shape index (κ3) is 2.51. The number of aliphatic hydroxyl groups excluding tert-OH is 1. The van der Waals surface area contributed by atoms with Crippen molar-refractivity contribution in [3.8, 4) is 0 Å². The molecule has 22 heavy (non-hydrogen) atoms. The molecule has 0 fully saturated rings. The van der Waals surface area contributed by atoms with Gasteiger partial charge in [-0.1, -0.05) is 18.2 Å². The molecule has 0 radical (unpaired) electrons. The smallest absolute Gasteiger partial charge is 0.265 e. The number of para-hydroxylation sites is 1. The Bertz CT molecular complexity index is 814. The van der Waals surface area contributed by atoms with E-state index in [0.717, 1.165) is 15.9 Å². The molecule has 1 amide bonds. The topological polar surface area (TPSA) is 67.2 Å². The van der Waals surface area contributed by atoms with Crippen molar-refractivity contribution >= 4 is 33.1 Å². The lowest BCUT2D eigenvalue weighted by molar-refractivity contribution is 0.103. The van der Waals surface area contributed by atoms with E-state index >= 15 is 0 Å². The Labute approximate surface area is 132 Å². The van der Waals surface area contributed by atoms with Crippen LogP contribution in [0.2, 0.25) is 0 Å². The second-order valence-electron chi connectivity index (χ2n) is 5.26. The summed E-state index contributed by atoms with van der Waals surface area (Å²) in [6.45, 7) is 3.61. The molecule has 0 saturated carbocycles. The van der Waals surface area contributed by atoms with Crippen LogP contribution in [0.5, 0.6) is 0 Å². The Kier molecular flexibility index (Phi) is 3.72. The van der Waals surface area contributed by atoms with E-state index in [-0.39, 0.29) is 5.91 Å². The number of anilines is 1. The van der Waals surface area contributed by atoms with Crippen molar-refractivity contribution in [3.05, 3.63) is 46.5 Å². The molecule has 1 atom stereocenters. The van der Waals surface area contributed by atoms with Crippen LogP contribution in [-0.4, -0.2) is 20.8 Å². The maximum atomic E-state index is 12.5. The van der Waals surface area contributed by atoms with Crippen molar-refractivity contribution in [2.24, 2.45) is 7.05 Å². The van der Waals surface area contributed by atoms with Gasteiger partial charge in [0.05, 0.1) is 16.7 Å². The zero-order valence-electron chi connectivity index (χ0n) is 12.6. The number of thiophene rings is 1. The number of nitrogens with zero attached hydrogens (tertiary/aromatic N) is 2. The van der Waals surface area contributed by atoms with Crippen LogP contribution in [0.4, 0.5) is 5.69 Å². The average Bonchev–Trinajstić information content (AvgIpc) is 3.02. The zero-order chi connectivity index (χ0) is 15.9. The van der Waals surface area contributed by atoms with E-state index in [1.54, 1.807) is 23.7 Å². The summed E-state index contributed by atoms with van der Waals surface area (Å²) >= 11 is 1.41. The lowest BCUT2D eigenvalue weighted by Gasteiger charge is -2.12. The van der Waals surface area contributed by atoms with Crippen molar-refractivity contribution in [2.45, 2.75) is 20.0 Å². The highest BCUT2D eigenvalue weighted by Crippen LogP contribution is 2.29. The van der Waals surface area contributed by atoms with Gasteiger partial charge in [-0.2, -0.15) is 5.10 Å². The summed E-state index contributed by atoms with van der Waals surface area (Å²) in [6, 6.07) is 9.13. The molecular weight excluding hydrogens is 298 g/mol. The first kappa shape index (κ1) is 14.7. The van der Waals surface area contributed by atoms with Gasteiger partial charge in [0.25, 0.3) is 5.91 Å². The summed E-state index contributed by atoms with van der Waals surface area (Å²) in [5.41, 5.74) is 2.25. The summed E-state index contributed by atoms with van der Waals surface area (Å²) in [5.74, 6) is -0.172. The third-order valence-corrected chi connectivity index (χ3v) is 4.78. The molecule has 1 aromatic carbocycles. The van der Waals surface area contributed by atoms with Gasteiger partial charge in [0.1, 0.15) is 4.83 Å². The second-order valence-corrected chi connectivity index (χ2v) is 6.29. The van der Waals surface area contributed by atoms with Crippen LogP contribution in [0.15, 0.2) is 30.3 Å². The lowest BCUT2D eigenvalue weighted by atomic mass is 10.1. The highest BCUT2D eigenvalue weighted by atomic mass is 32.1. The summed E-state index contributed by atoms with van der Waals surface area (Å²) in [6.07, 6.45) is -0.634. The fourth-order valence-corrected chi connectivity index (χ4v) is 3.49. The number of benzene rings is 1. The number of fused-ring (bicyclic) bond motifs is 1. The van der Waals surface area contributed by atoms with Gasteiger partial charge in [-0.05, 0) is 26.0 Å². The van der Waals surface area contributed by atoms with Crippen LogP contribution in [0.1, 0.15) is 34.0 Å². The van der Waals surface area contributed by atoms with Gasteiger partial charge < -0.3 is 10.4 Å². The van der Waals surface area contributed by atoms with Crippen LogP contribution < -0.4 is 5.32 Å². The fourth-order valence-electron chi connectivity index (χ4n) is 2.48. The van der Waals surface area contributed by atoms with Crippen LogP contribution in [0.3, 0.4) is 0 Å². The zero-order valence-corrected chi connectivity index (χ0v) is 13.4. The first-order chi connectivity index (χ1) is 10.5. The molecule has 0 bridgehead atoms. The highest BCUT2D eigenvalue weighted by Gasteiger charge is 2.16. The van der Waals surface area contributed by atoms with Gasteiger partial charge in [0, 0.05) is 23.7 Å². The Morgan fingerprint density at radius 3 is 2.82 bits per heavy atom. The van der Waals surface area contributed by atoms with Gasteiger partial charge in [-0.3, -0.25) is 9.48 Å². The van der Waals surface area contributed by atoms with Crippen molar-refractivity contribution in [3.63, 3.8) is 0 Å². The molecule has 6 heteroatoms. The van der Waals surface area contributed by atoms with Gasteiger partial charge in [0.15, 0.2) is 0 Å². The molecule has 1 unspecified atom stereocenters. The number of hydrogen-bond donors (Lipinski definition) is 2. The normalized spacial score (nSPS) is 12.5. The molecule has 0 aliphatic carbocycles. The summed E-state index contributed by atoms with van der Waals surface area (Å²) in [4.78, 5) is 14.1. The number of rotatable bonds is 3. The van der Waals surface area contributed by atoms with E-state index in [9.17, 15) is 9.90 Å². The number of aliphatic hydroxyl groups is 1.